The molecule has 0 aliphatic heterocycles. The molecule has 27 heavy (non-hydrogen) atoms. The first-order valence-corrected chi connectivity index (χ1v) is 10.2. The number of carbonyl (C=O) groups is 1. The third-order valence-electron chi connectivity index (χ3n) is 7.66. The van der Waals surface area contributed by atoms with Crippen molar-refractivity contribution in [3.63, 3.8) is 0 Å². The molecule has 3 rings (SSSR count). The lowest BCUT2D eigenvalue weighted by molar-refractivity contribution is -0.0922. The van der Waals surface area contributed by atoms with Gasteiger partial charge in [0.2, 0.25) is 0 Å². The molecule has 0 amide bonds. The summed E-state index contributed by atoms with van der Waals surface area (Å²) in [6.07, 6.45) is 4.33. The molecule has 0 heterocycles. The first-order chi connectivity index (χ1) is 12.6. The Bertz CT molecular complexity index is 775. The predicted molar refractivity (Wildman–Crippen MR) is 108 cm³/mol. The Morgan fingerprint density at radius 2 is 1.93 bits per heavy atom. The maximum atomic E-state index is 13.8. The molecule has 1 aromatic rings. The summed E-state index contributed by atoms with van der Waals surface area (Å²) in [7, 11) is 1.64. The minimum absolute atomic E-state index is 0.0530. The van der Waals surface area contributed by atoms with Gasteiger partial charge in [0.1, 0.15) is 5.75 Å². The summed E-state index contributed by atoms with van der Waals surface area (Å²) in [4.78, 5) is 13.8. The molecule has 5 atom stereocenters. The third kappa shape index (κ3) is 3.28. The number of rotatable bonds is 3. The van der Waals surface area contributed by atoms with E-state index >= 15 is 0 Å². The van der Waals surface area contributed by atoms with E-state index in [4.69, 9.17) is 4.74 Å². The van der Waals surface area contributed by atoms with Crippen LogP contribution in [0.2, 0.25) is 0 Å². The van der Waals surface area contributed by atoms with Gasteiger partial charge in [-0.1, -0.05) is 34.1 Å². The maximum Gasteiger partial charge on any atom is 0.166 e. The van der Waals surface area contributed by atoms with Crippen molar-refractivity contribution >= 4 is 5.78 Å². The monoisotopic (exact) mass is 367 g/mol. The summed E-state index contributed by atoms with van der Waals surface area (Å²) in [6.45, 7) is 11.1. The fourth-order valence-electron chi connectivity index (χ4n) is 6.32. The highest BCUT2D eigenvalue weighted by Gasteiger charge is 2.58. The van der Waals surface area contributed by atoms with Gasteiger partial charge < -0.3 is 4.74 Å². The van der Waals surface area contributed by atoms with Gasteiger partial charge in [0, 0.05) is 17.4 Å². The molecular weight excluding hydrogens is 334 g/mol. The van der Waals surface area contributed by atoms with Gasteiger partial charge in [0.15, 0.2) is 5.78 Å². The van der Waals surface area contributed by atoms with Crippen LogP contribution in [0.3, 0.4) is 0 Å². The first-order valence-electron chi connectivity index (χ1n) is 10.2. The lowest BCUT2D eigenvalue weighted by Crippen LogP contribution is -2.55. The topological polar surface area (TPSA) is 50.1 Å². The zero-order valence-corrected chi connectivity index (χ0v) is 17.6. The van der Waals surface area contributed by atoms with Crippen molar-refractivity contribution in [3.05, 3.63) is 29.3 Å². The molecule has 3 nitrogen and oxygen atoms in total. The van der Waals surface area contributed by atoms with Crippen LogP contribution in [0, 0.1) is 52.8 Å². The number of aryl methyl sites for hydroxylation is 1. The van der Waals surface area contributed by atoms with Gasteiger partial charge in [-0.05, 0) is 72.6 Å². The standard InChI is InChI=1S/C24H33NO2/c1-15-10-17(12-19(11-15)27-6)22(26)21-16(2)18(14-25)13-20-23(3,4)8-7-9-24(20,21)5/h10-12,16,18,20-21H,7-9,13H2,1-6H3/t16?,18?,20-,21+,24-/m0/s1. The number of benzene rings is 1. The molecule has 2 unspecified atom stereocenters. The number of nitrogens with zero attached hydrogens (tertiary/aromatic N) is 1. The molecule has 0 radical (unpaired) electrons. The second kappa shape index (κ2) is 6.97. The van der Waals surface area contributed by atoms with E-state index in [1.54, 1.807) is 7.11 Å². The molecule has 1 aromatic carbocycles. The average molecular weight is 368 g/mol. The quantitative estimate of drug-likeness (QED) is 0.633. The van der Waals surface area contributed by atoms with Crippen LogP contribution in [0.15, 0.2) is 18.2 Å². The number of methoxy groups -OCH3 is 1. The second-order valence-electron chi connectivity index (χ2n) is 9.81. The normalized spacial score (nSPS) is 35.0. The zero-order valence-electron chi connectivity index (χ0n) is 17.6. The molecular formula is C24H33NO2. The molecule has 0 N–H and O–H groups in total. The summed E-state index contributed by atoms with van der Waals surface area (Å²) in [5, 5.41) is 9.82. The SMILES string of the molecule is COc1cc(C)cc(C(=O)[C@H]2C(C)C(C#N)C[C@H]3C(C)(C)CCC[C@]23C)c1. The van der Waals surface area contributed by atoms with Crippen LogP contribution in [0.4, 0.5) is 0 Å². The number of hydrogen-bond donors (Lipinski definition) is 0. The number of Topliss-reactive ketones (excluding diaryl/α,β-unsaturated/α-hetero) is 1. The van der Waals surface area contributed by atoms with Gasteiger partial charge >= 0.3 is 0 Å². The number of fused-ring (bicyclic) bond motifs is 1. The van der Waals surface area contributed by atoms with Crippen molar-refractivity contribution in [1.82, 2.24) is 0 Å². The van der Waals surface area contributed by atoms with Crippen LogP contribution in [0.1, 0.15) is 69.3 Å². The van der Waals surface area contributed by atoms with Crippen molar-refractivity contribution in [2.75, 3.05) is 7.11 Å². The highest BCUT2D eigenvalue weighted by atomic mass is 16.5. The van der Waals surface area contributed by atoms with E-state index in [0.29, 0.717) is 5.92 Å². The average Bonchev–Trinajstić information content (AvgIpc) is 2.60. The Balaban J connectivity index is 2.09. The van der Waals surface area contributed by atoms with Crippen LogP contribution < -0.4 is 4.74 Å². The molecule has 2 fully saturated rings. The highest BCUT2D eigenvalue weighted by Crippen LogP contribution is 2.62. The van der Waals surface area contributed by atoms with Gasteiger partial charge in [-0.3, -0.25) is 4.79 Å². The van der Waals surface area contributed by atoms with Crippen LogP contribution in [-0.2, 0) is 0 Å². The lowest BCUT2D eigenvalue weighted by Gasteiger charge is -2.59. The van der Waals surface area contributed by atoms with Crippen LogP contribution in [0.25, 0.3) is 0 Å². The number of nitriles is 1. The molecule has 146 valence electrons. The summed E-state index contributed by atoms with van der Waals surface area (Å²) >= 11 is 0. The Morgan fingerprint density at radius 3 is 2.56 bits per heavy atom. The smallest absolute Gasteiger partial charge is 0.166 e. The van der Waals surface area contributed by atoms with E-state index in [0.717, 1.165) is 36.1 Å². The van der Waals surface area contributed by atoms with E-state index in [1.165, 1.54) is 6.42 Å². The van der Waals surface area contributed by atoms with Gasteiger partial charge in [-0.2, -0.15) is 5.26 Å². The Kier molecular flexibility index (Phi) is 5.14. The highest BCUT2D eigenvalue weighted by molar-refractivity contribution is 5.99. The molecule has 0 spiro atoms. The van der Waals surface area contributed by atoms with Crippen molar-refractivity contribution in [2.45, 2.75) is 60.3 Å². The number of ketones is 1. The summed E-state index contributed by atoms with van der Waals surface area (Å²) in [5.74, 6) is 1.22. The predicted octanol–water partition coefficient (Wildman–Crippen LogP) is 5.81. The molecule has 3 heteroatoms. The molecule has 2 saturated carbocycles. The van der Waals surface area contributed by atoms with Crippen molar-refractivity contribution in [2.24, 2.45) is 34.5 Å². The van der Waals surface area contributed by atoms with E-state index in [-0.39, 0.29) is 34.4 Å². The Morgan fingerprint density at radius 1 is 1.22 bits per heavy atom. The molecule has 0 saturated heterocycles. The maximum absolute atomic E-state index is 13.8. The van der Waals surface area contributed by atoms with E-state index in [9.17, 15) is 10.1 Å². The van der Waals surface area contributed by atoms with Gasteiger partial charge in [-0.15, -0.1) is 0 Å². The lowest BCUT2D eigenvalue weighted by atomic mass is 9.44. The van der Waals surface area contributed by atoms with Crippen LogP contribution in [0.5, 0.6) is 5.75 Å². The van der Waals surface area contributed by atoms with Crippen molar-refractivity contribution in [1.29, 1.82) is 5.26 Å². The Hall–Kier alpha value is -1.82. The van der Waals surface area contributed by atoms with Gasteiger partial charge in [-0.25, -0.2) is 0 Å². The molecule has 2 aliphatic rings. The minimum Gasteiger partial charge on any atom is -0.497 e. The minimum atomic E-state index is -0.119. The van der Waals surface area contributed by atoms with Crippen molar-refractivity contribution < 1.29 is 9.53 Å². The second-order valence-corrected chi connectivity index (χ2v) is 9.81. The largest absolute Gasteiger partial charge is 0.497 e. The van der Waals surface area contributed by atoms with Crippen molar-refractivity contribution in [3.8, 4) is 11.8 Å². The van der Waals surface area contributed by atoms with E-state index in [1.807, 2.05) is 25.1 Å². The fourth-order valence-corrected chi connectivity index (χ4v) is 6.32. The number of hydrogen-bond acceptors (Lipinski definition) is 3. The Labute approximate surface area is 164 Å². The summed E-state index contributed by atoms with van der Waals surface area (Å²) < 4.78 is 5.40. The summed E-state index contributed by atoms with van der Waals surface area (Å²) in [5.41, 5.74) is 1.88. The molecule has 0 aromatic heterocycles. The number of ether oxygens (including phenoxy) is 1. The van der Waals surface area contributed by atoms with Crippen LogP contribution in [-0.4, -0.2) is 12.9 Å². The molecule has 2 aliphatic carbocycles. The third-order valence-corrected chi connectivity index (χ3v) is 7.66. The van der Waals surface area contributed by atoms with Crippen LogP contribution >= 0.6 is 0 Å². The molecule has 0 bridgehead atoms. The fraction of sp³-hybridized carbons (Fsp3) is 0.667. The number of carbonyl (C=O) groups excluding carboxylic acids is 1. The first kappa shape index (κ1) is 19.9. The van der Waals surface area contributed by atoms with Gasteiger partial charge in [0.05, 0.1) is 13.2 Å². The zero-order chi connectivity index (χ0) is 20.0. The van der Waals surface area contributed by atoms with Gasteiger partial charge in [0.25, 0.3) is 0 Å². The van der Waals surface area contributed by atoms with E-state index < -0.39 is 0 Å². The summed E-state index contributed by atoms with van der Waals surface area (Å²) in [6, 6.07) is 8.32. The van der Waals surface area contributed by atoms with E-state index in [2.05, 4.69) is 33.8 Å².